The molecule has 1 aliphatic rings. The second-order valence-electron chi connectivity index (χ2n) is 4.92. The molecule has 2 rings (SSSR count). The Morgan fingerprint density at radius 3 is 2.53 bits per heavy atom. The fraction of sp³-hybridized carbons (Fsp3) is 0.571. The van der Waals surface area contributed by atoms with Gasteiger partial charge in [-0.1, -0.05) is 12.1 Å². The van der Waals surface area contributed by atoms with Crippen molar-refractivity contribution in [3.8, 4) is 0 Å². The Kier molecular flexibility index (Phi) is 5.25. The zero-order valence-corrected chi connectivity index (χ0v) is 12.6. The van der Waals surface area contributed by atoms with Gasteiger partial charge in [0.05, 0.1) is 0 Å². The van der Waals surface area contributed by atoms with E-state index < -0.39 is 0 Å². The quantitative estimate of drug-likeness (QED) is 0.827. The van der Waals surface area contributed by atoms with Gasteiger partial charge in [-0.25, -0.2) is 0 Å². The van der Waals surface area contributed by atoms with E-state index in [4.69, 9.17) is 0 Å². The zero-order chi connectivity index (χ0) is 12.1. The highest BCUT2D eigenvalue weighted by atomic mass is 127. The molecule has 1 saturated heterocycles. The molecule has 94 valence electrons. The summed E-state index contributed by atoms with van der Waals surface area (Å²) in [7, 11) is 0. The third kappa shape index (κ3) is 4.56. The maximum Gasteiger partial charge on any atom is 0.0208 e. The van der Waals surface area contributed by atoms with Crippen molar-refractivity contribution in [2.24, 2.45) is 0 Å². The molecule has 1 aromatic rings. The second-order valence-corrected chi connectivity index (χ2v) is 6.16. The first kappa shape index (κ1) is 13.3. The van der Waals surface area contributed by atoms with Gasteiger partial charge in [0, 0.05) is 22.7 Å². The maximum atomic E-state index is 3.60. The van der Waals surface area contributed by atoms with Crippen molar-refractivity contribution in [3.05, 3.63) is 33.4 Å². The summed E-state index contributed by atoms with van der Waals surface area (Å²) in [6.07, 6.45) is 2.76. The summed E-state index contributed by atoms with van der Waals surface area (Å²) < 4.78 is 1.30. The van der Waals surface area contributed by atoms with E-state index in [-0.39, 0.29) is 0 Å². The van der Waals surface area contributed by atoms with Crippen molar-refractivity contribution in [2.75, 3.05) is 19.6 Å². The SMILES string of the molecule is CC(CN1CCCC1)NCc1ccc(I)cc1. The van der Waals surface area contributed by atoms with Crippen LogP contribution in [0.5, 0.6) is 0 Å². The highest BCUT2D eigenvalue weighted by Crippen LogP contribution is 2.09. The van der Waals surface area contributed by atoms with Gasteiger partial charge in [0.2, 0.25) is 0 Å². The van der Waals surface area contributed by atoms with Crippen LogP contribution in [-0.4, -0.2) is 30.6 Å². The summed E-state index contributed by atoms with van der Waals surface area (Å²) in [5.74, 6) is 0. The highest BCUT2D eigenvalue weighted by molar-refractivity contribution is 14.1. The summed E-state index contributed by atoms with van der Waals surface area (Å²) in [5, 5.41) is 3.60. The van der Waals surface area contributed by atoms with Crippen LogP contribution in [0.1, 0.15) is 25.3 Å². The van der Waals surface area contributed by atoms with Gasteiger partial charge in [0.25, 0.3) is 0 Å². The lowest BCUT2D eigenvalue weighted by atomic mass is 10.2. The maximum absolute atomic E-state index is 3.60. The van der Waals surface area contributed by atoms with Crippen LogP contribution in [0.2, 0.25) is 0 Å². The lowest BCUT2D eigenvalue weighted by Crippen LogP contribution is -2.37. The van der Waals surface area contributed by atoms with Crippen molar-refractivity contribution < 1.29 is 0 Å². The van der Waals surface area contributed by atoms with Crippen molar-refractivity contribution in [1.82, 2.24) is 10.2 Å². The Morgan fingerprint density at radius 2 is 1.88 bits per heavy atom. The predicted octanol–water partition coefficient (Wildman–Crippen LogP) is 2.87. The van der Waals surface area contributed by atoms with Crippen LogP contribution in [0.15, 0.2) is 24.3 Å². The van der Waals surface area contributed by atoms with Gasteiger partial charge in [0.1, 0.15) is 0 Å². The van der Waals surface area contributed by atoms with Crippen LogP contribution in [0.25, 0.3) is 0 Å². The molecule has 17 heavy (non-hydrogen) atoms. The van der Waals surface area contributed by atoms with Crippen LogP contribution in [0, 0.1) is 3.57 Å². The molecule has 0 aliphatic carbocycles. The molecule has 0 amide bonds. The van der Waals surface area contributed by atoms with Crippen molar-refractivity contribution in [1.29, 1.82) is 0 Å². The first-order valence-corrected chi connectivity index (χ1v) is 7.52. The molecule has 0 aromatic heterocycles. The summed E-state index contributed by atoms with van der Waals surface area (Å²) in [4.78, 5) is 2.56. The van der Waals surface area contributed by atoms with Gasteiger partial charge in [-0.3, -0.25) is 0 Å². The van der Waals surface area contributed by atoms with Gasteiger partial charge in [0.15, 0.2) is 0 Å². The van der Waals surface area contributed by atoms with E-state index in [0.29, 0.717) is 6.04 Å². The molecule has 0 spiro atoms. The molecule has 1 N–H and O–H groups in total. The lowest BCUT2D eigenvalue weighted by molar-refractivity contribution is 0.298. The number of halogens is 1. The van der Waals surface area contributed by atoms with Gasteiger partial charge < -0.3 is 10.2 Å². The molecule has 2 nitrogen and oxygen atoms in total. The summed E-state index contributed by atoms with van der Waals surface area (Å²) in [5.41, 5.74) is 1.37. The summed E-state index contributed by atoms with van der Waals surface area (Å²) in [6, 6.07) is 9.33. The molecule has 1 heterocycles. The molecule has 1 fully saturated rings. The Balaban J connectivity index is 1.71. The fourth-order valence-electron chi connectivity index (χ4n) is 2.31. The first-order valence-electron chi connectivity index (χ1n) is 6.44. The van der Waals surface area contributed by atoms with Crippen molar-refractivity contribution in [3.63, 3.8) is 0 Å². The predicted molar refractivity (Wildman–Crippen MR) is 81.1 cm³/mol. The molecule has 0 bridgehead atoms. The average Bonchev–Trinajstić information content (AvgIpc) is 2.81. The molecule has 1 unspecified atom stereocenters. The van der Waals surface area contributed by atoms with Gasteiger partial charge in [-0.2, -0.15) is 0 Å². The molecule has 1 aliphatic heterocycles. The van der Waals surface area contributed by atoms with E-state index in [1.54, 1.807) is 0 Å². The zero-order valence-electron chi connectivity index (χ0n) is 10.5. The van der Waals surface area contributed by atoms with Crippen LogP contribution in [0.3, 0.4) is 0 Å². The Hall–Kier alpha value is -0.130. The third-order valence-electron chi connectivity index (χ3n) is 3.30. The molecule has 0 saturated carbocycles. The Labute approximate surface area is 118 Å². The minimum Gasteiger partial charge on any atom is -0.309 e. The molecule has 1 atom stereocenters. The first-order chi connectivity index (χ1) is 8.24. The normalized spacial score (nSPS) is 18.5. The lowest BCUT2D eigenvalue weighted by Gasteiger charge is -2.21. The largest absolute Gasteiger partial charge is 0.309 e. The van der Waals surface area contributed by atoms with Gasteiger partial charge in [-0.15, -0.1) is 0 Å². The smallest absolute Gasteiger partial charge is 0.0208 e. The van der Waals surface area contributed by atoms with E-state index in [9.17, 15) is 0 Å². The number of hydrogen-bond acceptors (Lipinski definition) is 2. The fourth-order valence-corrected chi connectivity index (χ4v) is 2.67. The number of nitrogens with zero attached hydrogens (tertiary/aromatic N) is 1. The van der Waals surface area contributed by atoms with E-state index >= 15 is 0 Å². The van der Waals surface area contributed by atoms with E-state index in [1.807, 2.05) is 0 Å². The number of hydrogen-bond donors (Lipinski definition) is 1. The molecule has 0 radical (unpaired) electrons. The Morgan fingerprint density at radius 1 is 1.24 bits per heavy atom. The number of benzene rings is 1. The third-order valence-corrected chi connectivity index (χ3v) is 4.02. The molecular weight excluding hydrogens is 323 g/mol. The van der Waals surface area contributed by atoms with Crippen LogP contribution >= 0.6 is 22.6 Å². The van der Waals surface area contributed by atoms with Gasteiger partial charge >= 0.3 is 0 Å². The van der Waals surface area contributed by atoms with E-state index in [2.05, 4.69) is 64.0 Å². The standard InChI is InChI=1S/C14H21IN2/c1-12(11-17-8-2-3-9-17)16-10-13-4-6-14(15)7-5-13/h4-7,12,16H,2-3,8-11H2,1H3. The molecule has 3 heteroatoms. The van der Waals surface area contributed by atoms with E-state index in [0.717, 1.165) is 6.54 Å². The summed E-state index contributed by atoms with van der Waals surface area (Å²) >= 11 is 2.34. The second kappa shape index (κ2) is 6.71. The topological polar surface area (TPSA) is 15.3 Å². The van der Waals surface area contributed by atoms with Crippen LogP contribution < -0.4 is 5.32 Å². The molecular formula is C14H21IN2. The van der Waals surface area contributed by atoms with Gasteiger partial charge in [-0.05, 0) is 73.1 Å². The highest BCUT2D eigenvalue weighted by Gasteiger charge is 2.13. The number of likely N-dealkylation sites (tertiary alicyclic amines) is 1. The van der Waals surface area contributed by atoms with Crippen molar-refractivity contribution >= 4 is 22.6 Å². The van der Waals surface area contributed by atoms with Crippen LogP contribution in [0.4, 0.5) is 0 Å². The van der Waals surface area contributed by atoms with E-state index in [1.165, 1.54) is 41.6 Å². The Bertz CT molecular complexity index is 331. The minimum atomic E-state index is 0.576. The number of rotatable bonds is 5. The summed E-state index contributed by atoms with van der Waals surface area (Å²) in [6.45, 7) is 7.02. The minimum absolute atomic E-state index is 0.576. The van der Waals surface area contributed by atoms with Crippen LogP contribution in [-0.2, 0) is 6.54 Å². The average molecular weight is 344 g/mol. The monoisotopic (exact) mass is 344 g/mol. The molecule has 1 aromatic carbocycles. The van der Waals surface area contributed by atoms with Crippen molar-refractivity contribution in [2.45, 2.75) is 32.4 Å². The number of nitrogens with one attached hydrogen (secondary N) is 1.